The zero-order valence-electron chi connectivity index (χ0n) is 69.6. The number of hydrogen-bond donors (Lipinski definition) is 4. The number of phosphoric acid groups is 2. The lowest BCUT2D eigenvalue weighted by Crippen LogP contribution is -2.30. The van der Waals surface area contributed by atoms with Crippen LogP contribution >= 0.6 is 15.6 Å². The van der Waals surface area contributed by atoms with Gasteiger partial charge in [0, 0.05) is 19.3 Å². The van der Waals surface area contributed by atoms with Crippen molar-refractivity contribution in [1.82, 2.24) is 0 Å². The summed E-state index contributed by atoms with van der Waals surface area (Å²) in [6.07, 6.45) is 108. The van der Waals surface area contributed by atoms with E-state index in [-0.39, 0.29) is 19.3 Å². The van der Waals surface area contributed by atoms with Crippen LogP contribution < -0.4 is 0 Å². The molecule has 0 aliphatic carbocycles. The molecule has 5 unspecified atom stereocenters. The summed E-state index contributed by atoms with van der Waals surface area (Å²) in [5, 5.41) is 20.7. The third-order valence-corrected chi connectivity index (χ3v) is 19.8. The predicted molar refractivity (Wildman–Crippen MR) is 463 cm³/mol. The number of aliphatic hydroxyl groups is 2. The molecule has 0 fully saturated rings. The lowest BCUT2D eigenvalue weighted by molar-refractivity contribution is -0.161. The second-order valence-corrected chi connectivity index (χ2v) is 31.5. The van der Waals surface area contributed by atoms with Gasteiger partial charge in [0.15, 0.2) is 6.10 Å². The largest absolute Gasteiger partial charge is 0.472 e. The Hall–Kier alpha value is -5.09. The summed E-state index contributed by atoms with van der Waals surface area (Å²) in [7, 11) is -9.82. The maximum absolute atomic E-state index is 13.0. The summed E-state index contributed by atoms with van der Waals surface area (Å²) in [6, 6.07) is 0. The van der Waals surface area contributed by atoms with E-state index in [1.165, 1.54) is 96.3 Å². The van der Waals surface area contributed by atoms with Gasteiger partial charge in [0.1, 0.15) is 25.4 Å². The lowest BCUT2D eigenvalue weighted by Gasteiger charge is -2.21. The van der Waals surface area contributed by atoms with Crippen LogP contribution in [0.1, 0.15) is 342 Å². The van der Waals surface area contributed by atoms with Gasteiger partial charge in [-0.15, -0.1) is 0 Å². The third-order valence-electron chi connectivity index (χ3n) is 17.9. The van der Waals surface area contributed by atoms with Crippen LogP contribution in [0.15, 0.2) is 170 Å². The first kappa shape index (κ1) is 106. The van der Waals surface area contributed by atoms with Gasteiger partial charge in [0.25, 0.3) is 0 Å². The van der Waals surface area contributed by atoms with Crippen LogP contribution in [0.5, 0.6) is 0 Å². The van der Waals surface area contributed by atoms with Crippen LogP contribution in [-0.4, -0.2) is 95.9 Å². The van der Waals surface area contributed by atoms with E-state index in [1.807, 2.05) is 0 Å². The van der Waals surface area contributed by atoms with Crippen LogP contribution in [-0.2, 0) is 55.8 Å². The summed E-state index contributed by atoms with van der Waals surface area (Å²) in [5.41, 5.74) is 0. The van der Waals surface area contributed by atoms with Gasteiger partial charge in [-0.25, -0.2) is 9.13 Å². The fourth-order valence-corrected chi connectivity index (χ4v) is 13.0. The molecule has 0 spiro atoms. The number of phosphoric ester groups is 2. The average Bonchev–Trinajstić information content (AvgIpc) is 0.902. The van der Waals surface area contributed by atoms with E-state index >= 15 is 0 Å². The monoisotopic (exact) mass is 1590 g/mol. The standard InChI is InChI=1S/C93H156O16P2/c1-4-7-10-13-16-19-22-25-28-31-34-36-38-40-41-42-43-44-45-47-49-50-53-55-58-61-64-67-70-73-76-79-91(96)103-82-88(94)83-105-110(99,100)106-84-89(95)85-107-111(101,102)108-87-90(109-93(98)81-78-75-72-69-66-63-60-57-52-33-30-27-24-21-18-15-12-9-6-3)86-104-92(97)80-77-74-71-68-65-62-59-56-54-51-48-46-39-37-35-32-29-26-23-20-17-14-11-8-5-2/h7-8,10-11,16-21,25-30,34-37,40-41,46,48,52,54,56-57,88-90,94-95H,4-6,9,12-15,22-24,31-33,38-39,42-45,47,49-51,53,55,58-87H2,1-3H3,(H,99,100)(H,101,102)/b10-7-,11-8-,19-16-,20-17-,21-18-,28-25-,29-26-,30-27-,36-34-,37-35-,41-40-,48-46-,56-54-,57-52-. The minimum Gasteiger partial charge on any atom is -0.463 e. The first-order valence-electron chi connectivity index (χ1n) is 43.4. The van der Waals surface area contributed by atoms with Gasteiger partial charge in [-0.2, -0.15) is 0 Å². The van der Waals surface area contributed by atoms with Crippen LogP contribution in [0.3, 0.4) is 0 Å². The SMILES string of the molecule is CC/C=C\C/C=C\C/C=C\C/C=C\C/C=C\C/C=C\CCCCCCCCC(=O)OCC(COP(=O)(O)OCC(O)COP(=O)(O)OCC(O)COC(=O)CCCCCCCCCCCCCCCCC/C=C\C/C=C\C/C=C\C/C=C\C/C=C\CC)OC(=O)CCCCCCCC/C=C\C/C=C\C/C=C\CCCCC. The van der Waals surface area contributed by atoms with Crippen LogP contribution in [0, 0.1) is 0 Å². The number of unbranched alkanes of at least 4 members (excludes halogenated alkanes) is 30. The number of aliphatic hydroxyl groups excluding tert-OH is 2. The number of hydrogen-bond acceptors (Lipinski definition) is 14. The summed E-state index contributed by atoms with van der Waals surface area (Å²) < 4.78 is 61.3. The molecule has 5 atom stereocenters. The summed E-state index contributed by atoms with van der Waals surface area (Å²) in [5.74, 6) is -1.61. The van der Waals surface area contributed by atoms with E-state index in [0.717, 1.165) is 186 Å². The van der Waals surface area contributed by atoms with Crippen LogP contribution in [0.25, 0.3) is 0 Å². The van der Waals surface area contributed by atoms with E-state index in [1.54, 1.807) is 0 Å². The van der Waals surface area contributed by atoms with Gasteiger partial charge in [0.05, 0.1) is 26.4 Å². The molecule has 111 heavy (non-hydrogen) atoms. The Balaban J connectivity index is 4.60. The van der Waals surface area contributed by atoms with E-state index in [0.29, 0.717) is 19.3 Å². The van der Waals surface area contributed by atoms with E-state index < -0.39 is 91.5 Å². The first-order chi connectivity index (χ1) is 54.2. The molecule has 18 heteroatoms. The van der Waals surface area contributed by atoms with Gasteiger partial charge in [-0.3, -0.25) is 32.5 Å². The number of carbonyl (C=O) groups excluding carboxylic acids is 3. The maximum Gasteiger partial charge on any atom is 0.472 e. The van der Waals surface area contributed by atoms with E-state index in [2.05, 4.69) is 191 Å². The molecule has 0 rings (SSSR count). The van der Waals surface area contributed by atoms with E-state index in [4.69, 9.17) is 32.3 Å². The molecule has 634 valence electrons. The molecule has 0 saturated heterocycles. The number of ether oxygens (including phenoxy) is 3. The highest BCUT2D eigenvalue weighted by molar-refractivity contribution is 7.47. The maximum atomic E-state index is 13.0. The zero-order valence-corrected chi connectivity index (χ0v) is 71.4. The fraction of sp³-hybridized carbons (Fsp3) is 0.667. The Morgan fingerprint density at radius 1 is 0.261 bits per heavy atom. The molecule has 0 heterocycles. The second kappa shape index (κ2) is 84.3. The van der Waals surface area contributed by atoms with Crippen LogP contribution in [0.4, 0.5) is 0 Å². The Labute approximate surface area is 675 Å². The first-order valence-corrected chi connectivity index (χ1v) is 46.4. The van der Waals surface area contributed by atoms with Crippen molar-refractivity contribution >= 4 is 33.6 Å². The Bertz CT molecular complexity index is 2700. The van der Waals surface area contributed by atoms with Crippen molar-refractivity contribution < 1.29 is 75.8 Å². The van der Waals surface area contributed by atoms with Crippen LogP contribution in [0.2, 0.25) is 0 Å². The number of carbonyl (C=O) groups is 3. The third kappa shape index (κ3) is 85.6. The molecule has 4 N–H and O–H groups in total. The topological polar surface area (TPSA) is 231 Å². The molecular weight excluding hydrogens is 1430 g/mol. The Morgan fingerprint density at radius 2 is 0.477 bits per heavy atom. The Morgan fingerprint density at radius 3 is 0.757 bits per heavy atom. The lowest BCUT2D eigenvalue weighted by atomic mass is 10.0. The molecule has 0 bridgehead atoms. The number of esters is 3. The predicted octanol–water partition coefficient (Wildman–Crippen LogP) is 26.3. The second-order valence-electron chi connectivity index (χ2n) is 28.6. The molecule has 0 amide bonds. The van der Waals surface area contributed by atoms with Gasteiger partial charge >= 0.3 is 33.6 Å². The molecule has 16 nitrogen and oxygen atoms in total. The average molecular weight is 1590 g/mol. The van der Waals surface area contributed by atoms with Gasteiger partial charge < -0.3 is 34.2 Å². The van der Waals surface area contributed by atoms with Crippen molar-refractivity contribution in [2.75, 3.05) is 39.6 Å². The fourth-order valence-electron chi connectivity index (χ4n) is 11.4. The van der Waals surface area contributed by atoms with Crippen molar-refractivity contribution in [3.05, 3.63) is 170 Å². The molecule has 0 aliphatic heterocycles. The van der Waals surface area contributed by atoms with Crippen molar-refractivity contribution in [3.63, 3.8) is 0 Å². The molecule has 0 aromatic carbocycles. The van der Waals surface area contributed by atoms with Gasteiger partial charge in [-0.05, 0) is 154 Å². The van der Waals surface area contributed by atoms with Crippen molar-refractivity contribution in [1.29, 1.82) is 0 Å². The smallest absolute Gasteiger partial charge is 0.463 e. The highest BCUT2D eigenvalue weighted by atomic mass is 31.2. The van der Waals surface area contributed by atoms with E-state index in [9.17, 15) is 43.5 Å². The van der Waals surface area contributed by atoms with Crippen molar-refractivity contribution in [3.8, 4) is 0 Å². The Kier molecular flexibility index (Phi) is 80.4. The normalized spacial score (nSPS) is 14.7. The molecular formula is C93H156O16P2. The van der Waals surface area contributed by atoms with Gasteiger partial charge in [0.2, 0.25) is 0 Å². The highest BCUT2D eigenvalue weighted by Gasteiger charge is 2.29. The van der Waals surface area contributed by atoms with Crippen molar-refractivity contribution in [2.45, 2.75) is 360 Å². The summed E-state index contributed by atoms with van der Waals surface area (Å²) in [4.78, 5) is 58.9. The molecule has 0 aliphatic rings. The number of rotatable bonds is 81. The quantitative estimate of drug-likeness (QED) is 0.0146. The number of allylic oxidation sites excluding steroid dienone is 28. The summed E-state index contributed by atoms with van der Waals surface area (Å²) >= 11 is 0. The van der Waals surface area contributed by atoms with Gasteiger partial charge in [-0.1, -0.05) is 339 Å². The molecule has 0 saturated carbocycles. The molecule has 0 radical (unpaired) electrons. The molecule has 0 aromatic heterocycles. The minimum atomic E-state index is -4.95. The highest BCUT2D eigenvalue weighted by Crippen LogP contribution is 2.45. The minimum absolute atomic E-state index is 0.0815. The zero-order chi connectivity index (χ0) is 80.8. The molecule has 0 aromatic rings. The summed E-state index contributed by atoms with van der Waals surface area (Å²) in [6.45, 7) is 2.41. The van der Waals surface area contributed by atoms with Crippen molar-refractivity contribution in [2.24, 2.45) is 0 Å².